The van der Waals surface area contributed by atoms with E-state index < -0.39 is 4.92 Å². The number of hydrogen-bond donors (Lipinski definition) is 1. The van der Waals surface area contributed by atoms with Gasteiger partial charge in [0.05, 0.1) is 4.92 Å². The van der Waals surface area contributed by atoms with Crippen molar-refractivity contribution in [2.45, 2.75) is 19.0 Å². The molecule has 2 heterocycles. The van der Waals surface area contributed by atoms with E-state index in [9.17, 15) is 10.1 Å². The number of anilines is 1. The lowest BCUT2D eigenvalue weighted by molar-refractivity contribution is -0.385. The SMILES string of the molecule is O=[N+]([O-])c1ccc(NC2CCN(Cc3ccccc3)C2)nc1. The van der Waals surface area contributed by atoms with Crippen LogP contribution in [0.15, 0.2) is 48.7 Å². The zero-order chi connectivity index (χ0) is 15.4. The Kier molecular flexibility index (Phi) is 4.29. The molecular formula is C16H18N4O2. The van der Waals surface area contributed by atoms with Crippen molar-refractivity contribution in [3.8, 4) is 0 Å². The predicted molar refractivity (Wildman–Crippen MR) is 84.6 cm³/mol. The van der Waals surface area contributed by atoms with Crippen LogP contribution in [0.5, 0.6) is 0 Å². The molecular weight excluding hydrogens is 280 g/mol. The maximum absolute atomic E-state index is 10.6. The lowest BCUT2D eigenvalue weighted by atomic mass is 10.2. The molecule has 1 aromatic carbocycles. The van der Waals surface area contributed by atoms with Crippen molar-refractivity contribution < 1.29 is 4.92 Å². The van der Waals surface area contributed by atoms with Crippen LogP contribution in [0.4, 0.5) is 11.5 Å². The van der Waals surface area contributed by atoms with Gasteiger partial charge in [-0.15, -0.1) is 0 Å². The number of likely N-dealkylation sites (tertiary alicyclic amines) is 1. The summed E-state index contributed by atoms with van der Waals surface area (Å²) in [6.07, 6.45) is 2.34. The average molecular weight is 298 g/mol. The van der Waals surface area contributed by atoms with Gasteiger partial charge in [-0.05, 0) is 18.1 Å². The van der Waals surface area contributed by atoms with Crippen LogP contribution in [0.1, 0.15) is 12.0 Å². The van der Waals surface area contributed by atoms with Gasteiger partial charge < -0.3 is 5.32 Å². The Morgan fingerprint density at radius 2 is 2.09 bits per heavy atom. The van der Waals surface area contributed by atoms with E-state index in [0.29, 0.717) is 11.9 Å². The van der Waals surface area contributed by atoms with Crippen molar-refractivity contribution in [3.05, 3.63) is 64.3 Å². The first-order chi connectivity index (χ1) is 10.7. The molecule has 6 nitrogen and oxygen atoms in total. The zero-order valence-electron chi connectivity index (χ0n) is 12.2. The second-order valence-electron chi connectivity index (χ2n) is 5.51. The number of nitrogens with zero attached hydrogens (tertiary/aromatic N) is 3. The minimum atomic E-state index is -0.437. The van der Waals surface area contributed by atoms with Crippen LogP contribution in [0.25, 0.3) is 0 Å². The van der Waals surface area contributed by atoms with Crippen LogP contribution < -0.4 is 5.32 Å². The maximum atomic E-state index is 10.6. The topological polar surface area (TPSA) is 71.3 Å². The highest BCUT2D eigenvalue weighted by Gasteiger charge is 2.22. The highest BCUT2D eigenvalue weighted by atomic mass is 16.6. The summed E-state index contributed by atoms with van der Waals surface area (Å²) in [6.45, 7) is 2.94. The maximum Gasteiger partial charge on any atom is 0.287 e. The largest absolute Gasteiger partial charge is 0.366 e. The van der Waals surface area contributed by atoms with Gasteiger partial charge in [-0.1, -0.05) is 30.3 Å². The van der Waals surface area contributed by atoms with Gasteiger partial charge in [0.1, 0.15) is 12.0 Å². The molecule has 1 N–H and O–H groups in total. The summed E-state index contributed by atoms with van der Waals surface area (Å²) in [5.74, 6) is 0.692. The lowest BCUT2D eigenvalue weighted by Crippen LogP contribution is -2.26. The molecule has 0 spiro atoms. The number of rotatable bonds is 5. The summed E-state index contributed by atoms with van der Waals surface area (Å²) < 4.78 is 0. The summed E-state index contributed by atoms with van der Waals surface area (Å²) in [7, 11) is 0. The molecule has 114 valence electrons. The number of nitrogens with one attached hydrogen (secondary N) is 1. The fourth-order valence-corrected chi connectivity index (χ4v) is 2.72. The second-order valence-corrected chi connectivity index (χ2v) is 5.51. The van der Waals surface area contributed by atoms with E-state index in [1.54, 1.807) is 6.07 Å². The van der Waals surface area contributed by atoms with E-state index in [2.05, 4.69) is 39.5 Å². The molecule has 1 atom stereocenters. The van der Waals surface area contributed by atoms with Gasteiger partial charge in [0.25, 0.3) is 5.69 Å². The highest BCUT2D eigenvalue weighted by Crippen LogP contribution is 2.18. The molecule has 0 radical (unpaired) electrons. The number of pyridine rings is 1. The summed E-state index contributed by atoms with van der Waals surface area (Å²) >= 11 is 0. The summed E-state index contributed by atoms with van der Waals surface area (Å²) in [6, 6.07) is 13.9. The van der Waals surface area contributed by atoms with Gasteiger partial charge in [0.15, 0.2) is 0 Å². The highest BCUT2D eigenvalue weighted by molar-refractivity contribution is 5.41. The van der Waals surface area contributed by atoms with Crippen molar-refractivity contribution in [1.82, 2.24) is 9.88 Å². The van der Waals surface area contributed by atoms with Gasteiger partial charge in [-0.3, -0.25) is 15.0 Å². The number of aromatic nitrogens is 1. The van der Waals surface area contributed by atoms with Crippen LogP contribution >= 0.6 is 0 Å². The molecule has 1 saturated heterocycles. The Balaban J connectivity index is 1.53. The molecule has 0 bridgehead atoms. The van der Waals surface area contributed by atoms with Crippen molar-refractivity contribution >= 4 is 11.5 Å². The Bertz CT molecular complexity index is 630. The second kappa shape index (κ2) is 6.53. The molecule has 6 heteroatoms. The molecule has 2 aromatic rings. The fraction of sp³-hybridized carbons (Fsp3) is 0.312. The van der Waals surface area contributed by atoms with Gasteiger partial charge in [0.2, 0.25) is 0 Å². The van der Waals surface area contributed by atoms with E-state index in [-0.39, 0.29) is 5.69 Å². The zero-order valence-corrected chi connectivity index (χ0v) is 12.2. The van der Waals surface area contributed by atoms with Crippen molar-refractivity contribution in [3.63, 3.8) is 0 Å². The molecule has 0 aliphatic carbocycles. The molecule has 1 aliphatic rings. The van der Waals surface area contributed by atoms with Gasteiger partial charge in [-0.2, -0.15) is 0 Å². The number of hydrogen-bond acceptors (Lipinski definition) is 5. The average Bonchev–Trinajstić information content (AvgIpc) is 2.96. The third kappa shape index (κ3) is 3.59. The fourth-order valence-electron chi connectivity index (χ4n) is 2.72. The molecule has 1 aromatic heterocycles. The first kappa shape index (κ1) is 14.5. The Hall–Kier alpha value is -2.47. The van der Waals surface area contributed by atoms with Crippen LogP contribution in [0.2, 0.25) is 0 Å². The molecule has 1 unspecified atom stereocenters. The van der Waals surface area contributed by atoms with Gasteiger partial charge >= 0.3 is 0 Å². The van der Waals surface area contributed by atoms with Gasteiger partial charge in [-0.25, -0.2) is 4.98 Å². The summed E-state index contributed by atoms with van der Waals surface area (Å²) in [5.41, 5.74) is 1.33. The monoisotopic (exact) mass is 298 g/mol. The molecule has 3 rings (SSSR count). The molecule has 0 amide bonds. The Morgan fingerprint density at radius 3 is 2.77 bits per heavy atom. The molecule has 0 saturated carbocycles. The summed E-state index contributed by atoms with van der Waals surface area (Å²) in [4.78, 5) is 16.7. The normalized spacial score (nSPS) is 18.3. The van der Waals surface area contributed by atoms with E-state index in [1.807, 2.05) is 6.07 Å². The summed E-state index contributed by atoms with van der Waals surface area (Å²) in [5, 5.41) is 14.0. The lowest BCUT2D eigenvalue weighted by Gasteiger charge is -2.17. The Labute approximate surface area is 128 Å². The minimum absolute atomic E-state index is 0.0164. The van der Waals surface area contributed by atoms with Gasteiger partial charge in [0, 0.05) is 31.7 Å². The van der Waals surface area contributed by atoms with Crippen LogP contribution in [0, 0.1) is 10.1 Å². The van der Waals surface area contributed by atoms with Crippen LogP contribution in [0.3, 0.4) is 0 Å². The van der Waals surface area contributed by atoms with E-state index >= 15 is 0 Å². The van der Waals surface area contributed by atoms with Crippen molar-refractivity contribution in [1.29, 1.82) is 0 Å². The van der Waals surface area contributed by atoms with E-state index in [0.717, 1.165) is 26.1 Å². The Morgan fingerprint density at radius 1 is 1.27 bits per heavy atom. The van der Waals surface area contributed by atoms with Crippen LogP contribution in [-0.4, -0.2) is 33.9 Å². The van der Waals surface area contributed by atoms with E-state index in [1.165, 1.54) is 17.8 Å². The molecule has 1 fully saturated rings. The number of nitro groups is 1. The first-order valence-corrected chi connectivity index (χ1v) is 7.34. The van der Waals surface area contributed by atoms with Crippen LogP contribution in [-0.2, 0) is 6.54 Å². The first-order valence-electron chi connectivity index (χ1n) is 7.34. The predicted octanol–water partition coefficient (Wildman–Crippen LogP) is 2.68. The molecule has 22 heavy (non-hydrogen) atoms. The molecule has 1 aliphatic heterocycles. The quantitative estimate of drug-likeness (QED) is 0.679. The smallest absolute Gasteiger partial charge is 0.287 e. The third-order valence-corrected chi connectivity index (χ3v) is 3.83. The van der Waals surface area contributed by atoms with E-state index in [4.69, 9.17) is 0 Å². The number of benzene rings is 1. The minimum Gasteiger partial charge on any atom is -0.366 e. The standard InChI is InChI=1S/C16H18N4O2/c21-20(22)15-6-7-16(17-10-15)18-14-8-9-19(12-14)11-13-4-2-1-3-5-13/h1-7,10,14H,8-9,11-12H2,(H,17,18). The third-order valence-electron chi connectivity index (χ3n) is 3.83. The van der Waals surface area contributed by atoms with Crippen molar-refractivity contribution in [2.24, 2.45) is 0 Å². The van der Waals surface area contributed by atoms with Crippen molar-refractivity contribution in [2.75, 3.05) is 18.4 Å².